The predicted molar refractivity (Wildman–Crippen MR) is 235 cm³/mol. The predicted octanol–water partition coefficient (Wildman–Crippen LogP) is 12.7. The lowest BCUT2D eigenvalue weighted by Gasteiger charge is -2.14. The number of carbonyl (C=O) groups is 3. The van der Waals surface area contributed by atoms with Crippen molar-refractivity contribution < 1.29 is 19.5 Å². The van der Waals surface area contributed by atoms with E-state index in [-0.39, 0.29) is 23.7 Å². The summed E-state index contributed by atoms with van der Waals surface area (Å²) in [6.07, 6.45) is 20.9. The molecule has 310 valence electrons. The molecule has 0 spiro atoms. The molecule has 1 heterocycles. The summed E-state index contributed by atoms with van der Waals surface area (Å²) in [6.45, 7) is 29.3. The van der Waals surface area contributed by atoms with Crippen LogP contribution in [0.4, 0.5) is 0 Å². The van der Waals surface area contributed by atoms with Crippen LogP contribution in [0.15, 0.2) is 42.4 Å². The average molecular weight is 764 g/mol. The van der Waals surface area contributed by atoms with Crippen LogP contribution in [0, 0.1) is 24.2 Å². The fourth-order valence-corrected chi connectivity index (χ4v) is 5.31. The number of rotatable bonds is 19. The molecule has 8 heteroatoms. The average Bonchev–Trinajstić information content (AvgIpc) is 3.60. The van der Waals surface area contributed by atoms with Gasteiger partial charge in [0.2, 0.25) is 12.3 Å². The van der Waals surface area contributed by atoms with E-state index in [2.05, 4.69) is 67.7 Å². The van der Waals surface area contributed by atoms with Crippen LogP contribution in [-0.2, 0) is 20.9 Å². The summed E-state index contributed by atoms with van der Waals surface area (Å²) in [5.41, 5.74) is 9.61. The van der Waals surface area contributed by atoms with Gasteiger partial charge >= 0.3 is 0 Å². The molecule has 0 aliphatic rings. The summed E-state index contributed by atoms with van der Waals surface area (Å²) in [4.78, 5) is 36.2. The third kappa shape index (κ3) is 41.8. The molecule has 1 aromatic heterocycles. The maximum atomic E-state index is 12.2. The number of aryl methyl sites for hydroxylation is 1. The monoisotopic (exact) mass is 764 g/mol. The highest BCUT2D eigenvalue weighted by Gasteiger charge is 2.13. The Morgan fingerprint density at radius 2 is 1.42 bits per heavy atom. The van der Waals surface area contributed by atoms with Crippen LogP contribution in [0.3, 0.4) is 0 Å². The Labute approximate surface area is 332 Å². The number of allylic oxidation sites excluding steroid dienone is 1. The maximum Gasteiger partial charge on any atom is 0.223 e. The van der Waals surface area contributed by atoms with Gasteiger partial charge in [0.1, 0.15) is 6.29 Å². The second kappa shape index (κ2) is 45.3. The molecule has 0 saturated carbocycles. The summed E-state index contributed by atoms with van der Waals surface area (Å²) in [5.74, 6) is 1.01. The first-order valence-corrected chi connectivity index (χ1v) is 21.2. The number of hydrogen-bond donors (Lipinski definition) is 3. The van der Waals surface area contributed by atoms with Gasteiger partial charge in [-0.2, -0.15) is 0 Å². The first-order valence-electron chi connectivity index (χ1n) is 20.3. The Bertz CT molecular complexity index is 1050. The van der Waals surface area contributed by atoms with Crippen LogP contribution in [0.2, 0.25) is 0 Å². The molecule has 0 fully saturated rings. The minimum atomic E-state index is 0.0863. The fraction of sp³-hybridized carbons (Fsp3) is 0.689. The van der Waals surface area contributed by atoms with Gasteiger partial charge in [0.05, 0.1) is 16.1 Å². The van der Waals surface area contributed by atoms with Gasteiger partial charge < -0.3 is 21.0 Å². The van der Waals surface area contributed by atoms with Crippen LogP contribution in [0.1, 0.15) is 177 Å². The number of aliphatic hydroxyl groups excluding tert-OH is 1. The SMILES string of the molecule is C=CCCCCCCCCCC.CC.CC.CC(C)(C)CC=O.CCC(C)CCCC(C)C(=O)NCc1ccc(-c2scnc2C)cc1.CO.NC=O. The molecular weight excluding hydrogens is 679 g/mol. The van der Waals surface area contributed by atoms with Gasteiger partial charge in [0.15, 0.2) is 0 Å². The highest BCUT2D eigenvalue weighted by molar-refractivity contribution is 7.13. The van der Waals surface area contributed by atoms with E-state index in [0.717, 1.165) is 43.4 Å². The van der Waals surface area contributed by atoms with Crippen LogP contribution in [-0.4, -0.2) is 35.8 Å². The second-order valence-electron chi connectivity index (χ2n) is 13.6. The largest absolute Gasteiger partial charge is 0.400 e. The zero-order valence-electron chi connectivity index (χ0n) is 36.7. The van der Waals surface area contributed by atoms with Crippen molar-refractivity contribution in [3.8, 4) is 10.4 Å². The quantitative estimate of drug-likeness (QED) is 0.0747. The molecular formula is C45H85N3O4S. The van der Waals surface area contributed by atoms with Crippen molar-refractivity contribution in [3.05, 3.63) is 53.7 Å². The molecule has 1 aromatic carbocycles. The van der Waals surface area contributed by atoms with Crippen molar-refractivity contribution in [2.75, 3.05) is 7.11 Å². The minimum Gasteiger partial charge on any atom is -0.400 e. The number of aromatic nitrogens is 1. The molecule has 2 rings (SSSR count). The van der Waals surface area contributed by atoms with E-state index in [0.29, 0.717) is 13.0 Å². The van der Waals surface area contributed by atoms with Gasteiger partial charge in [0.25, 0.3) is 0 Å². The normalized spacial score (nSPS) is 10.7. The summed E-state index contributed by atoms with van der Waals surface area (Å²) in [6, 6.07) is 8.39. The lowest BCUT2D eigenvalue weighted by Crippen LogP contribution is -2.28. The third-order valence-electron chi connectivity index (χ3n) is 7.86. The van der Waals surface area contributed by atoms with E-state index in [9.17, 15) is 9.59 Å². The number of thiazole rings is 1. The first-order chi connectivity index (χ1) is 25.4. The van der Waals surface area contributed by atoms with Gasteiger partial charge in [-0.25, -0.2) is 4.98 Å². The Morgan fingerprint density at radius 3 is 1.81 bits per heavy atom. The number of amides is 2. The Balaban J connectivity index is -0.000000228. The van der Waals surface area contributed by atoms with Gasteiger partial charge in [-0.05, 0) is 48.6 Å². The highest BCUT2D eigenvalue weighted by atomic mass is 32.1. The lowest BCUT2D eigenvalue weighted by molar-refractivity contribution is -0.125. The molecule has 4 N–H and O–H groups in total. The molecule has 0 bridgehead atoms. The number of hydrogen-bond acceptors (Lipinski definition) is 6. The van der Waals surface area contributed by atoms with Crippen LogP contribution in [0.25, 0.3) is 10.4 Å². The van der Waals surface area contributed by atoms with E-state index < -0.39 is 0 Å². The topological polar surface area (TPSA) is 122 Å². The third-order valence-corrected chi connectivity index (χ3v) is 8.84. The molecule has 2 atom stereocenters. The Hall–Kier alpha value is -2.84. The number of nitrogens with one attached hydrogen (secondary N) is 1. The highest BCUT2D eigenvalue weighted by Crippen LogP contribution is 2.27. The van der Waals surface area contributed by atoms with Gasteiger partial charge in [-0.3, -0.25) is 9.59 Å². The van der Waals surface area contributed by atoms with E-state index in [1.165, 1.54) is 81.1 Å². The van der Waals surface area contributed by atoms with Crippen molar-refractivity contribution in [1.82, 2.24) is 10.3 Å². The molecule has 2 aromatic rings. The first kappa shape index (κ1) is 59.4. The summed E-state index contributed by atoms with van der Waals surface area (Å²) < 4.78 is 0. The van der Waals surface area contributed by atoms with Crippen molar-refractivity contribution >= 4 is 29.9 Å². The number of nitrogens with two attached hydrogens (primary N) is 1. The summed E-state index contributed by atoms with van der Waals surface area (Å²) >= 11 is 1.66. The van der Waals surface area contributed by atoms with Gasteiger partial charge in [-0.15, -0.1) is 17.9 Å². The van der Waals surface area contributed by atoms with Crippen LogP contribution >= 0.6 is 11.3 Å². The molecule has 2 unspecified atom stereocenters. The minimum absolute atomic E-state index is 0.0863. The fourth-order valence-electron chi connectivity index (χ4n) is 4.50. The van der Waals surface area contributed by atoms with Crippen molar-refractivity contribution in [3.63, 3.8) is 0 Å². The van der Waals surface area contributed by atoms with Crippen molar-refractivity contribution in [2.24, 2.45) is 23.0 Å². The van der Waals surface area contributed by atoms with Gasteiger partial charge in [0, 0.05) is 26.0 Å². The van der Waals surface area contributed by atoms with Crippen molar-refractivity contribution in [2.45, 2.75) is 180 Å². The van der Waals surface area contributed by atoms with E-state index in [4.69, 9.17) is 9.90 Å². The van der Waals surface area contributed by atoms with E-state index in [1.54, 1.807) is 11.3 Å². The number of unbranched alkanes of at least 4 members (excludes halogenated alkanes) is 8. The van der Waals surface area contributed by atoms with Crippen LogP contribution < -0.4 is 11.1 Å². The number of carbonyl (C=O) groups excluding carboxylic acids is 3. The Kier molecular flexibility index (Phi) is 50.8. The van der Waals surface area contributed by atoms with Gasteiger partial charge in [-0.1, -0.05) is 171 Å². The standard InChI is InChI=1S/C21H30N2OS.C12H24.C6H12O.2C2H6.CH3NO.CH4O/c1-5-15(2)7-6-8-16(3)21(24)22-13-18-9-11-19(12-10-18)20-17(4)23-14-25-20;1-3-5-7-9-11-12-10-8-6-4-2;1-6(2,3)4-5-7;2*1-2;2-1-3;1-2/h9-12,14-16H,5-8,13H2,1-4H3,(H,22,24);3H,1,4-12H2,2H3;5H,4H2,1-3H3;2*1-2H3;1H,(H2,2,3);2H,1H3. The van der Waals surface area contributed by atoms with Crippen molar-refractivity contribution in [1.29, 1.82) is 0 Å². The zero-order chi connectivity index (χ0) is 41.9. The zero-order valence-corrected chi connectivity index (χ0v) is 37.5. The molecule has 0 saturated heterocycles. The number of aliphatic hydroxyl groups is 1. The number of benzene rings is 1. The molecule has 7 nitrogen and oxygen atoms in total. The second-order valence-corrected chi connectivity index (χ2v) is 14.5. The number of primary amides is 1. The molecule has 0 aliphatic heterocycles. The van der Waals surface area contributed by atoms with E-state index >= 15 is 0 Å². The number of aldehydes is 1. The molecule has 0 radical (unpaired) electrons. The molecule has 53 heavy (non-hydrogen) atoms. The Morgan fingerprint density at radius 1 is 0.906 bits per heavy atom. The smallest absolute Gasteiger partial charge is 0.223 e. The molecule has 2 amide bonds. The maximum absolute atomic E-state index is 12.2. The summed E-state index contributed by atoms with van der Waals surface area (Å²) in [5, 5.41) is 10.1. The number of nitrogens with zero attached hydrogens (tertiary/aromatic N) is 1. The molecule has 0 aliphatic carbocycles. The lowest BCUT2D eigenvalue weighted by atomic mass is 9.93. The van der Waals surface area contributed by atoms with E-state index in [1.807, 2.05) is 73.9 Å². The summed E-state index contributed by atoms with van der Waals surface area (Å²) in [7, 11) is 1.00. The van der Waals surface area contributed by atoms with Crippen LogP contribution in [0.5, 0.6) is 0 Å².